The Hall–Kier alpha value is -2.21. The van der Waals surface area contributed by atoms with Gasteiger partial charge in [0.2, 0.25) is 15.9 Å². The fourth-order valence-electron chi connectivity index (χ4n) is 2.54. The monoisotopic (exact) mass is 465 g/mol. The lowest BCUT2D eigenvalue weighted by atomic mass is 10.3. The van der Waals surface area contributed by atoms with E-state index in [9.17, 15) is 13.2 Å². The van der Waals surface area contributed by atoms with E-state index in [4.69, 9.17) is 0 Å². The Labute approximate surface area is 184 Å². The Balaban J connectivity index is 1.59. The van der Waals surface area contributed by atoms with E-state index in [1.807, 2.05) is 43.0 Å². The average molecular weight is 466 g/mol. The van der Waals surface area contributed by atoms with Crippen molar-refractivity contribution in [3.8, 4) is 10.7 Å². The zero-order valence-corrected chi connectivity index (χ0v) is 19.5. The molecule has 1 amide bonds. The second-order valence-corrected chi connectivity index (χ2v) is 10.7. The Morgan fingerprint density at radius 3 is 2.53 bits per heavy atom. The van der Waals surface area contributed by atoms with Gasteiger partial charge in [0, 0.05) is 25.8 Å². The van der Waals surface area contributed by atoms with E-state index < -0.39 is 10.0 Å². The van der Waals surface area contributed by atoms with E-state index >= 15 is 0 Å². The standard InChI is InChI=1S/C19H23N5O3S3/c1-13(2)24(4)30(26,27)15-9-7-14(8-10-15)20-17(25)12-29-19-22-21-18(23(19)3)16-6-5-11-28-16/h5-11,13H,12H2,1-4H3,(H,20,25). The zero-order chi connectivity index (χ0) is 21.9. The minimum atomic E-state index is -3.55. The van der Waals surface area contributed by atoms with Crippen molar-refractivity contribution in [1.29, 1.82) is 0 Å². The van der Waals surface area contributed by atoms with Crippen LogP contribution in [-0.4, -0.2) is 52.2 Å². The maximum atomic E-state index is 12.5. The van der Waals surface area contributed by atoms with Crippen LogP contribution in [0.5, 0.6) is 0 Å². The van der Waals surface area contributed by atoms with Gasteiger partial charge in [0.1, 0.15) is 0 Å². The fourth-order valence-corrected chi connectivity index (χ4v) is 5.36. The number of thioether (sulfide) groups is 1. The Morgan fingerprint density at radius 1 is 1.23 bits per heavy atom. The fraction of sp³-hybridized carbons (Fsp3) is 0.316. The van der Waals surface area contributed by atoms with Crippen molar-refractivity contribution in [1.82, 2.24) is 19.1 Å². The van der Waals surface area contributed by atoms with E-state index in [1.54, 1.807) is 30.5 Å². The van der Waals surface area contributed by atoms with Crippen molar-refractivity contribution < 1.29 is 13.2 Å². The van der Waals surface area contributed by atoms with E-state index in [0.717, 1.165) is 10.7 Å². The average Bonchev–Trinajstić information content (AvgIpc) is 3.35. The summed E-state index contributed by atoms with van der Waals surface area (Å²) in [4.78, 5) is 13.5. The van der Waals surface area contributed by atoms with Gasteiger partial charge in [-0.15, -0.1) is 21.5 Å². The third-order valence-electron chi connectivity index (χ3n) is 4.45. The second kappa shape index (κ2) is 9.29. The lowest BCUT2D eigenvalue weighted by Gasteiger charge is -2.21. The molecular weight excluding hydrogens is 442 g/mol. The Kier molecular flexibility index (Phi) is 6.96. The molecule has 0 saturated carbocycles. The van der Waals surface area contributed by atoms with Gasteiger partial charge in [-0.2, -0.15) is 4.31 Å². The summed E-state index contributed by atoms with van der Waals surface area (Å²) in [7, 11) is -0.143. The number of nitrogens with zero attached hydrogens (tertiary/aromatic N) is 4. The molecule has 1 aromatic carbocycles. The van der Waals surface area contributed by atoms with E-state index in [-0.39, 0.29) is 22.6 Å². The number of carbonyl (C=O) groups is 1. The molecule has 0 fully saturated rings. The summed E-state index contributed by atoms with van der Waals surface area (Å²) >= 11 is 2.86. The third kappa shape index (κ3) is 4.91. The molecule has 0 aliphatic rings. The largest absolute Gasteiger partial charge is 0.325 e. The second-order valence-electron chi connectivity index (χ2n) is 6.82. The van der Waals surface area contributed by atoms with E-state index in [1.165, 1.54) is 28.2 Å². The van der Waals surface area contributed by atoms with Crippen molar-refractivity contribution in [3.05, 3.63) is 41.8 Å². The van der Waals surface area contributed by atoms with Crippen LogP contribution in [0.1, 0.15) is 13.8 Å². The molecule has 0 aliphatic heterocycles. The minimum absolute atomic E-state index is 0.146. The molecule has 0 saturated heterocycles. The molecular formula is C19H23N5O3S3. The van der Waals surface area contributed by atoms with Crippen molar-refractivity contribution >= 4 is 44.7 Å². The van der Waals surface area contributed by atoms with Crippen molar-refractivity contribution in [2.45, 2.75) is 29.9 Å². The maximum absolute atomic E-state index is 12.5. The predicted octanol–water partition coefficient (Wildman–Crippen LogP) is 3.30. The molecule has 0 radical (unpaired) electrons. The van der Waals surface area contributed by atoms with E-state index in [2.05, 4.69) is 15.5 Å². The number of aromatic nitrogens is 3. The number of hydrogen-bond acceptors (Lipinski definition) is 7. The van der Waals surface area contributed by atoms with Crippen LogP contribution in [0.2, 0.25) is 0 Å². The lowest BCUT2D eigenvalue weighted by Crippen LogP contribution is -2.33. The van der Waals surface area contributed by atoms with Crippen LogP contribution in [0.4, 0.5) is 5.69 Å². The predicted molar refractivity (Wildman–Crippen MR) is 120 cm³/mol. The molecule has 3 rings (SSSR count). The van der Waals surface area contributed by atoms with Gasteiger partial charge in [0.25, 0.3) is 0 Å². The Morgan fingerprint density at radius 2 is 1.93 bits per heavy atom. The van der Waals surface area contributed by atoms with Crippen molar-refractivity contribution in [2.75, 3.05) is 18.1 Å². The molecule has 0 bridgehead atoms. The molecule has 2 aromatic heterocycles. The maximum Gasteiger partial charge on any atom is 0.243 e. The molecule has 0 atom stereocenters. The summed E-state index contributed by atoms with van der Waals surface area (Å²) < 4.78 is 28.2. The van der Waals surface area contributed by atoms with Gasteiger partial charge in [-0.25, -0.2) is 8.42 Å². The van der Waals surface area contributed by atoms with Gasteiger partial charge >= 0.3 is 0 Å². The molecule has 3 aromatic rings. The molecule has 1 N–H and O–H groups in total. The number of benzene rings is 1. The van der Waals surface area contributed by atoms with E-state index in [0.29, 0.717) is 10.8 Å². The van der Waals surface area contributed by atoms with Crippen LogP contribution < -0.4 is 5.32 Å². The van der Waals surface area contributed by atoms with Gasteiger partial charge in [0.15, 0.2) is 11.0 Å². The number of carbonyl (C=O) groups excluding carboxylic acids is 1. The number of amides is 1. The molecule has 160 valence electrons. The van der Waals surface area contributed by atoms with Crippen LogP contribution in [-0.2, 0) is 21.9 Å². The molecule has 0 unspecified atom stereocenters. The van der Waals surface area contributed by atoms with Gasteiger partial charge in [-0.1, -0.05) is 17.8 Å². The van der Waals surface area contributed by atoms with Crippen molar-refractivity contribution in [2.24, 2.45) is 7.05 Å². The highest BCUT2D eigenvalue weighted by Crippen LogP contribution is 2.26. The number of nitrogens with one attached hydrogen (secondary N) is 1. The third-order valence-corrected chi connectivity index (χ3v) is 8.38. The minimum Gasteiger partial charge on any atom is -0.325 e. The summed E-state index contributed by atoms with van der Waals surface area (Å²) in [6.07, 6.45) is 0. The molecule has 30 heavy (non-hydrogen) atoms. The highest BCUT2D eigenvalue weighted by molar-refractivity contribution is 7.99. The van der Waals surface area contributed by atoms with Crippen molar-refractivity contribution in [3.63, 3.8) is 0 Å². The number of anilines is 1. The SMILES string of the molecule is CC(C)N(C)S(=O)(=O)c1ccc(NC(=O)CSc2nnc(-c3cccs3)n2C)cc1. The lowest BCUT2D eigenvalue weighted by molar-refractivity contribution is -0.113. The molecule has 8 nitrogen and oxygen atoms in total. The number of sulfonamides is 1. The Bertz CT molecular complexity index is 1110. The van der Waals surface area contributed by atoms with Gasteiger partial charge in [0.05, 0.1) is 15.5 Å². The molecule has 0 aliphatic carbocycles. The molecule has 0 spiro atoms. The smallest absolute Gasteiger partial charge is 0.243 e. The molecule has 11 heteroatoms. The first-order valence-corrected chi connectivity index (χ1v) is 12.4. The van der Waals surface area contributed by atoms with Crippen LogP contribution in [0.15, 0.2) is 51.8 Å². The topological polar surface area (TPSA) is 97.2 Å². The van der Waals surface area contributed by atoms with Crippen LogP contribution in [0.3, 0.4) is 0 Å². The number of rotatable bonds is 8. The van der Waals surface area contributed by atoms with Crippen LogP contribution in [0, 0.1) is 0 Å². The summed E-state index contributed by atoms with van der Waals surface area (Å²) in [5.41, 5.74) is 0.531. The highest BCUT2D eigenvalue weighted by Gasteiger charge is 2.23. The number of hydrogen-bond donors (Lipinski definition) is 1. The van der Waals surface area contributed by atoms with Gasteiger partial charge < -0.3 is 9.88 Å². The van der Waals surface area contributed by atoms with Crippen LogP contribution >= 0.6 is 23.1 Å². The first-order chi connectivity index (χ1) is 14.2. The summed E-state index contributed by atoms with van der Waals surface area (Å²) in [6, 6.07) is 9.93. The molecule has 2 heterocycles. The highest BCUT2D eigenvalue weighted by atomic mass is 32.2. The summed E-state index contributed by atoms with van der Waals surface area (Å²) in [6.45, 7) is 3.62. The number of thiophene rings is 1. The quantitative estimate of drug-likeness (QED) is 0.513. The van der Waals surface area contributed by atoms with Gasteiger partial charge in [-0.3, -0.25) is 4.79 Å². The summed E-state index contributed by atoms with van der Waals surface area (Å²) in [5, 5.41) is 13.7. The van der Waals surface area contributed by atoms with Gasteiger partial charge in [-0.05, 0) is 49.6 Å². The van der Waals surface area contributed by atoms with Crippen LogP contribution in [0.25, 0.3) is 10.7 Å². The zero-order valence-electron chi connectivity index (χ0n) is 17.1. The first kappa shape index (κ1) is 22.5. The first-order valence-electron chi connectivity index (χ1n) is 9.14. The summed E-state index contributed by atoms with van der Waals surface area (Å²) in [5.74, 6) is 0.707. The normalized spacial score (nSPS) is 11.9.